The summed E-state index contributed by atoms with van der Waals surface area (Å²) in [5, 5.41) is 14.1. The lowest BCUT2D eigenvalue weighted by molar-refractivity contribution is 0.0692. The molecule has 1 atom stereocenters. The summed E-state index contributed by atoms with van der Waals surface area (Å²) in [7, 11) is -3.98. The molecule has 0 aromatic carbocycles. The highest BCUT2D eigenvalue weighted by Crippen LogP contribution is 2.12. The van der Waals surface area contributed by atoms with Crippen molar-refractivity contribution in [1.29, 1.82) is 0 Å². The van der Waals surface area contributed by atoms with Crippen LogP contribution in [0.5, 0.6) is 0 Å². The second-order valence-corrected chi connectivity index (χ2v) is 5.85. The maximum Gasteiger partial charge on any atom is 0.340 e. The summed E-state index contributed by atoms with van der Waals surface area (Å²) < 4.78 is 28.3. The smallest absolute Gasteiger partial charge is 0.340 e. The largest absolute Gasteiger partial charge is 0.478 e. The highest BCUT2D eigenvalue weighted by atomic mass is 32.2. The van der Waals surface area contributed by atoms with Gasteiger partial charge in [-0.3, -0.25) is 5.10 Å². The highest BCUT2D eigenvalue weighted by molar-refractivity contribution is 7.89. The van der Waals surface area contributed by atoms with Crippen molar-refractivity contribution in [2.45, 2.75) is 24.5 Å². The van der Waals surface area contributed by atoms with Gasteiger partial charge in [0.15, 0.2) is 5.03 Å². The van der Waals surface area contributed by atoms with Crippen LogP contribution in [0.1, 0.15) is 17.3 Å². The first-order valence-corrected chi connectivity index (χ1v) is 7.13. The molecule has 0 amide bonds. The summed E-state index contributed by atoms with van der Waals surface area (Å²) in [5.74, 6) is -1.36. The average molecular weight is 299 g/mol. The van der Waals surface area contributed by atoms with Crippen molar-refractivity contribution in [1.82, 2.24) is 24.5 Å². The number of hydrogen-bond donors (Lipinski definition) is 3. The zero-order chi connectivity index (χ0) is 14.8. The third-order valence-corrected chi connectivity index (χ3v) is 4.07. The van der Waals surface area contributed by atoms with Gasteiger partial charge in [-0.2, -0.15) is 5.10 Å². The van der Waals surface area contributed by atoms with Gasteiger partial charge in [0.1, 0.15) is 5.56 Å². The molecule has 0 aliphatic heterocycles. The number of nitrogens with one attached hydrogen (secondary N) is 2. The minimum absolute atomic E-state index is 0.371. The van der Waals surface area contributed by atoms with E-state index in [1.165, 1.54) is 0 Å². The van der Waals surface area contributed by atoms with Gasteiger partial charge < -0.3 is 9.67 Å². The number of imidazole rings is 1. The Morgan fingerprint density at radius 3 is 2.95 bits per heavy atom. The molecule has 0 fully saturated rings. The quantitative estimate of drug-likeness (QED) is 0.669. The summed E-state index contributed by atoms with van der Waals surface area (Å²) >= 11 is 0. The van der Waals surface area contributed by atoms with E-state index in [-0.39, 0.29) is 0 Å². The zero-order valence-electron chi connectivity index (χ0n) is 10.5. The summed E-state index contributed by atoms with van der Waals surface area (Å²) in [6, 6.07) is -0.445. The van der Waals surface area contributed by atoms with Crippen molar-refractivity contribution in [2.24, 2.45) is 0 Å². The lowest BCUT2D eigenvalue weighted by atomic mass is 10.4. The van der Waals surface area contributed by atoms with Crippen molar-refractivity contribution in [3.05, 3.63) is 30.5 Å². The predicted molar refractivity (Wildman–Crippen MR) is 67.6 cm³/mol. The molecule has 9 nitrogen and oxygen atoms in total. The molecule has 0 aliphatic carbocycles. The highest BCUT2D eigenvalue weighted by Gasteiger charge is 2.26. The molecule has 0 spiro atoms. The summed E-state index contributed by atoms with van der Waals surface area (Å²) in [5.41, 5.74) is -0.396. The first kappa shape index (κ1) is 14.2. The average Bonchev–Trinajstić information content (AvgIpc) is 2.97. The number of carbonyl (C=O) groups is 1. The summed E-state index contributed by atoms with van der Waals surface area (Å²) in [6.45, 7) is 2.03. The number of sulfonamides is 1. The first-order chi connectivity index (χ1) is 9.40. The van der Waals surface area contributed by atoms with E-state index >= 15 is 0 Å². The summed E-state index contributed by atoms with van der Waals surface area (Å²) in [6.07, 6.45) is 5.80. The first-order valence-electron chi connectivity index (χ1n) is 5.65. The molecule has 0 saturated heterocycles. The number of carboxylic acid groups (broad SMARTS) is 1. The Morgan fingerprint density at radius 1 is 1.60 bits per heavy atom. The van der Waals surface area contributed by atoms with E-state index in [9.17, 15) is 13.2 Å². The van der Waals surface area contributed by atoms with Crippen LogP contribution in [0.25, 0.3) is 0 Å². The van der Waals surface area contributed by atoms with E-state index in [0.29, 0.717) is 6.54 Å². The van der Waals surface area contributed by atoms with Crippen LogP contribution in [0.3, 0.4) is 0 Å². The maximum absolute atomic E-state index is 12.1. The molecule has 2 heterocycles. The number of aromatic amines is 1. The van der Waals surface area contributed by atoms with Crippen LogP contribution < -0.4 is 4.72 Å². The number of H-pyrrole nitrogens is 1. The van der Waals surface area contributed by atoms with Crippen molar-refractivity contribution in [3.8, 4) is 0 Å². The van der Waals surface area contributed by atoms with Crippen LogP contribution in [0, 0.1) is 0 Å². The van der Waals surface area contributed by atoms with Crippen molar-refractivity contribution >= 4 is 16.0 Å². The van der Waals surface area contributed by atoms with Crippen molar-refractivity contribution in [2.75, 3.05) is 0 Å². The number of hydrogen-bond acceptors (Lipinski definition) is 5. The maximum atomic E-state index is 12.1. The monoisotopic (exact) mass is 299 g/mol. The van der Waals surface area contributed by atoms with Crippen LogP contribution in [0.15, 0.2) is 29.9 Å². The van der Waals surface area contributed by atoms with Crippen molar-refractivity contribution in [3.63, 3.8) is 0 Å². The fourth-order valence-corrected chi connectivity index (χ4v) is 3.03. The van der Waals surface area contributed by atoms with Crippen LogP contribution in [0.4, 0.5) is 0 Å². The fourth-order valence-electron chi connectivity index (χ4n) is 1.70. The van der Waals surface area contributed by atoms with E-state index in [4.69, 9.17) is 5.11 Å². The Balaban J connectivity index is 2.14. The lowest BCUT2D eigenvalue weighted by Gasteiger charge is -2.14. The van der Waals surface area contributed by atoms with Crippen LogP contribution in [-0.2, 0) is 16.6 Å². The van der Waals surface area contributed by atoms with Gasteiger partial charge in [0, 0.05) is 25.0 Å². The van der Waals surface area contributed by atoms with Gasteiger partial charge in [-0.05, 0) is 6.92 Å². The van der Waals surface area contributed by atoms with Crippen LogP contribution in [-0.4, -0.2) is 45.3 Å². The van der Waals surface area contributed by atoms with Crippen LogP contribution >= 0.6 is 0 Å². The van der Waals surface area contributed by atoms with E-state index in [1.807, 2.05) is 0 Å². The van der Waals surface area contributed by atoms with Gasteiger partial charge >= 0.3 is 5.97 Å². The lowest BCUT2D eigenvalue weighted by Crippen LogP contribution is -2.36. The fraction of sp³-hybridized carbons (Fsp3) is 0.300. The Morgan fingerprint density at radius 2 is 2.35 bits per heavy atom. The number of aromatic carboxylic acids is 1. The molecule has 3 N–H and O–H groups in total. The summed E-state index contributed by atoms with van der Waals surface area (Å²) in [4.78, 5) is 14.8. The Bertz CT molecular complexity index is 691. The van der Waals surface area contributed by atoms with Gasteiger partial charge in [0.05, 0.1) is 12.5 Å². The third-order valence-electron chi connectivity index (χ3n) is 2.50. The number of carboxylic acids is 1. The van der Waals surface area contributed by atoms with Gasteiger partial charge in [-0.1, -0.05) is 0 Å². The molecule has 0 bridgehead atoms. The second kappa shape index (κ2) is 5.43. The standard InChI is InChI=1S/C10H13N5O4S/c1-7(5-15-3-2-11-6-15)14-20(18,19)9-8(10(16)17)4-12-13-9/h2-4,6-7,14H,5H2,1H3,(H,12,13)(H,16,17). The molecule has 1 unspecified atom stereocenters. The molecule has 0 saturated carbocycles. The van der Waals surface area contributed by atoms with Crippen molar-refractivity contribution < 1.29 is 18.3 Å². The normalized spacial score (nSPS) is 13.2. The topological polar surface area (TPSA) is 130 Å². The second-order valence-electron chi connectivity index (χ2n) is 4.20. The molecule has 2 aromatic rings. The number of nitrogens with zero attached hydrogens (tertiary/aromatic N) is 3. The molecule has 0 radical (unpaired) electrons. The molecule has 2 aromatic heterocycles. The molecule has 2 rings (SSSR count). The molecule has 10 heteroatoms. The van der Waals surface area contributed by atoms with E-state index in [0.717, 1.165) is 6.20 Å². The minimum atomic E-state index is -3.98. The van der Waals surface area contributed by atoms with E-state index in [1.54, 1.807) is 30.2 Å². The molecule has 108 valence electrons. The Hall–Kier alpha value is -2.20. The predicted octanol–water partition coefficient (Wildman–Crippen LogP) is -0.329. The zero-order valence-corrected chi connectivity index (χ0v) is 11.3. The molecule has 20 heavy (non-hydrogen) atoms. The number of aromatic nitrogens is 4. The minimum Gasteiger partial charge on any atom is -0.478 e. The van der Waals surface area contributed by atoms with E-state index in [2.05, 4.69) is 19.9 Å². The van der Waals surface area contributed by atoms with Gasteiger partial charge in [0.25, 0.3) is 10.0 Å². The molecular weight excluding hydrogens is 286 g/mol. The van der Waals surface area contributed by atoms with Gasteiger partial charge in [-0.25, -0.2) is 22.9 Å². The third kappa shape index (κ3) is 3.03. The van der Waals surface area contributed by atoms with Gasteiger partial charge in [0.2, 0.25) is 0 Å². The Labute approximate surface area is 114 Å². The van der Waals surface area contributed by atoms with Crippen LogP contribution in [0.2, 0.25) is 0 Å². The SMILES string of the molecule is CC(Cn1ccnc1)NS(=O)(=O)c1[nH]ncc1C(=O)O. The Kier molecular flexibility index (Phi) is 3.86. The van der Waals surface area contributed by atoms with Gasteiger partial charge in [-0.15, -0.1) is 0 Å². The molecule has 0 aliphatic rings. The number of rotatable bonds is 6. The van der Waals surface area contributed by atoms with E-state index < -0.39 is 32.6 Å². The molecular formula is C10H13N5O4S.